The van der Waals surface area contributed by atoms with Gasteiger partial charge in [-0.3, -0.25) is 0 Å². The molecule has 0 saturated carbocycles. The standard InChI is InChI=1S/C12H12ClFN2O2/c1-2-15-6-9-7-17-12(16-9)18-11-4-3-8(14)5-10(11)13/h3-5,7,15H,2,6H2,1H3. The molecular formula is C12H12ClFN2O2. The minimum Gasteiger partial charge on any atom is -0.417 e. The van der Waals surface area contributed by atoms with E-state index < -0.39 is 5.82 Å². The van der Waals surface area contributed by atoms with Crippen molar-refractivity contribution in [2.45, 2.75) is 13.5 Å². The van der Waals surface area contributed by atoms with E-state index in [1.165, 1.54) is 24.5 Å². The Bertz CT molecular complexity index is 531. The van der Waals surface area contributed by atoms with Crippen molar-refractivity contribution in [2.75, 3.05) is 6.54 Å². The van der Waals surface area contributed by atoms with E-state index >= 15 is 0 Å². The van der Waals surface area contributed by atoms with Gasteiger partial charge in [-0.15, -0.1) is 0 Å². The molecule has 4 nitrogen and oxygen atoms in total. The summed E-state index contributed by atoms with van der Waals surface area (Å²) in [5.41, 5.74) is 0.727. The van der Waals surface area contributed by atoms with Crippen molar-refractivity contribution in [3.8, 4) is 11.8 Å². The maximum Gasteiger partial charge on any atom is 0.399 e. The zero-order valence-electron chi connectivity index (χ0n) is 9.74. The lowest BCUT2D eigenvalue weighted by Crippen LogP contribution is -2.11. The van der Waals surface area contributed by atoms with Crippen LogP contribution in [0.5, 0.6) is 11.8 Å². The van der Waals surface area contributed by atoms with E-state index in [-0.39, 0.29) is 11.1 Å². The van der Waals surface area contributed by atoms with Crippen LogP contribution in [-0.4, -0.2) is 11.5 Å². The quantitative estimate of drug-likeness (QED) is 0.905. The molecule has 1 aromatic carbocycles. The van der Waals surface area contributed by atoms with Crippen LogP contribution in [0, 0.1) is 5.82 Å². The molecule has 1 aromatic heterocycles. The summed E-state index contributed by atoms with van der Waals surface area (Å²) >= 11 is 5.82. The van der Waals surface area contributed by atoms with Crippen LogP contribution in [0.3, 0.4) is 0 Å². The number of ether oxygens (including phenoxy) is 1. The summed E-state index contributed by atoms with van der Waals surface area (Å²) < 4.78 is 23.3. The molecule has 1 heterocycles. The van der Waals surface area contributed by atoms with Gasteiger partial charge in [0.2, 0.25) is 0 Å². The predicted octanol–water partition coefficient (Wildman–Crippen LogP) is 3.37. The third-order valence-corrected chi connectivity index (χ3v) is 2.47. The van der Waals surface area contributed by atoms with Gasteiger partial charge in [0.15, 0.2) is 5.75 Å². The van der Waals surface area contributed by atoms with Crippen LogP contribution in [0.15, 0.2) is 28.9 Å². The number of nitrogens with one attached hydrogen (secondary N) is 1. The van der Waals surface area contributed by atoms with E-state index in [1.54, 1.807) is 0 Å². The van der Waals surface area contributed by atoms with Gasteiger partial charge in [-0.05, 0) is 24.7 Å². The first-order valence-corrected chi connectivity index (χ1v) is 5.85. The average molecular weight is 271 g/mol. The van der Waals surface area contributed by atoms with Crippen LogP contribution in [0.2, 0.25) is 5.02 Å². The van der Waals surface area contributed by atoms with E-state index in [9.17, 15) is 4.39 Å². The Morgan fingerprint density at radius 3 is 3.06 bits per heavy atom. The number of halogens is 2. The van der Waals surface area contributed by atoms with Crippen LogP contribution in [0.1, 0.15) is 12.6 Å². The monoisotopic (exact) mass is 270 g/mol. The van der Waals surface area contributed by atoms with Crippen LogP contribution < -0.4 is 10.1 Å². The van der Waals surface area contributed by atoms with Gasteiger partial charge in [0, 0.05) is 6.54 Å². The predicted molar refractivity (Wildman–Crippen MR) is 65.4 cm³/mol. The fourth-order valence-electron chi connectivity index (χ4n) is 1.32. The largest absolute Gasteiger partial charge is 0.417 e. The second kappa shape index (κ2) is 5.84. The Labute approximate surface area is 109 Å². The summed E-state index contributed by atoms with van der Waals surface area (Å²) in [4.78, 5) is 4.10. The molecule has 0 aliphatic rings. The molecular weight excluding hydrogens is 259 g/mol. The molecule has 6 heteroatoms. The third-order valence-electron chi connectivity index (χ3n) is 2.18. The van der Waals surface area contributed by atoms with E-state index in [1.807, 2.05) is 6.92 Å². The molecule has 0 spiro atoms. The summed E-state index contributed by atoms with van der Waals surface area (Å²) in [7, 11) is 0. The first-order chi connectivity index (χ1) is 8.69. The van der Waals surface area contributed by atoms with Gasteiger partial charge in [0.25, 0.3) is 0 Å². The van der Waals surface area contributed by atoms with Gasteiger partial charge in [0.1, 0.15) is 12.1 Å². The molecule has 0 amide bonds. The second-order valence-electron chi connectivity index (χ2n) is 3.56. The van der Waals surface area contributed by atoms with Crippen molar-refractivity contribution >= 4 is 11.6 Å². The molecule has 2 rings (SSSR count). The lowest BCUT2D eigenvalue weighted by atomic mass is 10.3. The molecule has 2 aromatic rings. The Morgan fingerprint density at radius 1 is 1.50 bits per heavy atom. The zero-order valence-corrected chi connectivity index (χ0v) is 10.5. The summed E-state index contributed by atoms with van der Waals surface area (Å²) in [6, 6.07) is 3.84. The Hall–Kier alpha value is -1.59. The number of benzene rings is 1. The molecule has 96 valence electrons. The van der Waals surface area contributed by atoms with Crippen LogP contribution in [0.4, 0.5) is 4.39 Å². The van der Waals surface area contributed by atoms with Gasteiger partial charge in [0.05, 0.1) is 10.7 Å². The Kier molecular flexibility index (Phi) is 4.17. The lowest BCUT2D eigenvalue weighted by Gasteiger charge is -2.02. The van der Waals surface area contributed by atoms with Crippen molar-refractivity contribution < 1.29 is 13.5 Å². The van der Waals surface area contributed by atoms with Gasteiger partial charge >= 0.3 is 6.08 Å². The highest BCUT2D eigenvalue weighted by atomic mass is 35.5. The molecule has 0 atom stereocenters. The molecule has 0 aliphatic heterocycles. The summed E-state index contributed by atoms with van der Waals surface area (Å²) in [5, 5.41) is 3.27. The molecule has 18 heavy (non-hydrogen) atoms. The summed E-state index contributed by atoms with van der Waals surface area (Å²) in [6.07, 6.45) is 1.58. The maximum atomic E-state index is 12.8. The minimum atomic E-state index is -0.424. The normalized spacial score (nSPS) is 10.6. The first kappa shape index (κ1) is 12.9. The number of oxazole rings is 1. The third kappa shape index (κ3) is 3.21. The zero-order chi connectivity index (χ0) is 13.0. The molecule has 0 radical (unpaired) electrons. The van der Waals surface area contributed by atoms with E-state index in [0.717, 1.165) is 12.2 Å². The highest BCUT2D eigenvalue weighted by Gasteiger charge is 2.09. The number of nitrogens with zero attached hydrogens (tertiary/aromatic N) is 1. The SMILES string of the molecule is CCNCc1coc(Oc2ccc(F)cc2Cl)n1. The molecule has 0 bridgehead atoms. The van der Waals surface area contributed by atoms with E-state index in [0.29, 0.717) is 12.3 Å². The highest BCUT2D eigenvalue weighted by Crippen LogP contribution is 2.29. The number of aromatic nitrogens is 1. The number of rotatable bonds is 5. The van der Waals surface area contributed by atoms with Crippen LogP contribution >= 0.6 is 11.6 Å². The highest BCUT2D eigenvalue weighted by molar-refractivity contribution is 6.32. The Morgan fingerprint density at radius 2 is 2.33 bits per heavy atom. The van der Waals surface area contributed by atoms with Crippen molar-refractivity contribution in [1.82, 2.24) is 10.3 Å². The van der Waals surface area contributed by atoms with Crippen molar-refractivity contribution in [3.63, 3.8) is 0 Å². The van der Waals surface area contributed by atoms with Gasteiger partial charge in [-0.25, -0.2) is 4.39 Å². The van der Waals surface area contributed by atoms with Crippen molar-refractivity contribution in [1.29, 1.82) is 0 Å². The molecule has 0 fully saturated rings. The fourth-order valence-corrected chi connectivity index (χ4v) is 1.53. The van der Waals surface area contributed by atoms with Crippen LogP contribution in [-0.2, 0) is 6.54 Å². The molecule has 1 N–H and O–H groups in total. The smallest absolute Gasteiger partial charge is 0.399 e. The van der Waals surface area contributed by atoms with Gasteiger partial charge < -0.3 is 14.5 Å². The fraction of sp³-hybridized carbons (Fsp3) is 0.250. The van der Waals surface area contributed by atoms with E-state index in [4.69, 9.17) is 20.8 Å². The first-order valence-electron chi connectivity index (χ1n) is 5.47. The number of hydrogen-bond acceptors (Lipinski definition) is 4. The lowest BCUT2D eigenvalue weighted by molar-refractivity contribution is 0.330. The van der Waals surface area contributed by atoms with Crippen molar-refractivity contribution in [2.24, 2.45) is 0 Å². The van der Waals surface area contributed by atoms with Crippen molar-refractivity contribution in [3.05, 3.63) is 41.0 Å². The Balaban J connectivity index is 2.06. The summed E-state index contributed by atoms with van der Waals surface area (Å²) in [6.45, 7) is 3.43. The number of hydrogen-bond donors (Lipinski definition) is 1. The second-order valence-corrected chi connectivity index (χ2v) is 3.97. The molecule has 0 aliphatic carbocycles. The van der Waals surface area contributed by atoms with Crippen LogP contribution in [0.25, 0.3) is 0 Å². The minimum absolute atomic E-state index is 0.0800. The van der Waals surface area contributed by atoms with Gasteiger partial charge in [-0.2, -0.15) is 4.98 Å². The topological polar surface area (TPSA) is 47.3 Å². The molecule has 0 saturated heterocycles. The van der Waals surface area contributed by atoms with Gasteiger partial charge in [-0.1, -0.05) is 18.5 Å². The molecule has 0 unspecified atom stereocenters. The van der Waals surface area contributed by atoms with E-state index in [2.05, 4.69) is 10.3 Å². The average Bonchev–Trinajstić information content (AvgIpc) is 2.78. The maximum absolute atomic E-state index is 12.8. The summed E-state index contributed by atoms with van der Waals surface area (Å²) in [5.74, 6) is -0.123.